The first kappa shape index (κ1) is 11.9. The lowest BCUT2D eigenvalue weighted by atomic mass is 10.1. The molecule has 2 N–H and O–H groups in total. The van der Waals surface area contributed by atoms with Gasteiger partial charge in [0.15, 0.2) is 11.6 Å². The molecule has 0 unspecified atom stereocenters. The number of carboxylic acid groups (broad SMARTS) is 1. The molecule has 0 aliphatic carbocycles. The third-order valence-electron chi connectivity index (χ3n) is 1.71. The zero-order chi connectivity index (χ0) is 12.3. The minimum Gasteiger partial charge on any atom is -0.478 e. The standard InChI is InChI=1S/C9H7F2NO4/c1-16-9(15)12-7-3-6(11)5(10)2-4(7)8(13)14/h2-3H,1H3,(H,12,15)(H,13,14). The van der Waals surface area contributed by atoms with E-state index in [1.807, 2.05) is 5.32 Å². The van der Waals surface area contributed by atoms with Crippen molar-refractivity contribution in [3.05, 3.63) is 29.3 Å². The van der Waals surface area contributed by atoms with Crippen LogP contribution in [0.1, 0.15) is 10.4 Å². The second-order valence-electron chi connectivity index (χ2n) is 2.73. The smallest absolute Gasteiger partial charge is 0.411 e. The molecule has 86 valence electrons. The van der Waals surface area contributed by atoms with Gasteiger partial charge in [0, 0.05) is 6.07 Å². The molecule has 0 bridgehead atoms. The SMILES string of the molecule is COC(=O)Nc1cc(F)c(F)cc1C(=O)O. The summed E-state index contributed by atoms with van der Waals surface area (Å²) in [5, 5.41) is 10.6. The Morgan fingerprint density at radius 3 is 2.38 bits per heavy atom. The summed E-state index contributed by atoms with van der Waals surface area (Å²) in [6.45, 7) is 0. The summed E-state index contributed by atoms with van der Waals surface area (Å²) >= 11 is 0. The number of aromatic carboxylic acids is 1. The van der Waals surface area contributed by atoms with Gasteiger partial charge in [0.05, 0.1) is 18.4 Å². The fourth-order valence-corrected chi connectivity index (χ4v) is 0.988. The molecule has 1 amide bonds. The van der Waals surface area contributed by atoms with Crippen molar-refractivity contribution in [1.82, 2.24) is 0 Å². The number of amides is 1. The van der Waals surface area contributed by atoms with Crippen LogP contribution in [0.25, 0.3) is 0 Å². The Kier molecular flexibility index (Phi) is 3.39. The first-order valence-corrected chi connectivity index (χ1v) is 4.03. The Hall–Kier alpha value is -2.18. The molecule has 0 aliphatic rings. The van der Waals surface area contributed by atoms with E-state index in [0.29, 0.717) is 12.1 Å². The number of carbonyl (C=O) groups is 2. The molecule has 0 spiro atoms. The van der Waals surface area contributed by atoms with Gasteiger partial charge >= 0.3 is 12.1 Å². The van der Waals surface area contributed by atoms with Crippen LogP contribution in [0.4, 0.5) is 19.3 Å². The topological polar surface area (TPSA) is 75.6 Å². The average Bonchev–Trinajstić information content (AvgIpc) is 2.22. The highest BCUT2D eigenvalue weighted by Gasteiger charge is 2.16. The van der Waals surface area contributed by atoms with E-state index in [9.17, 15) is 18.4 Å². The molecule has 0 heterocycles. The Labute approximate surface area is 88.6 Å². The van der Waals surface area contributed by atoms with Crippen LogP contribution in [-0.4, -0.2) is 24.3 Å². The lowest BCUT2D eigenvalue weighted by molar-refractivity contribution is 0.0697. The van der Waals surface area contributed by atoms with E-state index in [0.717, 1.165) is 7.11 Å². The maximum absolute atomic E-state index is 12.8. The van der Waals surface area contributed by atoms with Crippen LogP contribution >= 0.6 is 0 Å². The summed E-state index contributed by atoms with van der Waals surface area (Å²) in [7, 11) is 1.05. The van der Waals surface area contributed by atoms with Crippen LogP contribution in [0.15, 0.2) is 12.1 Å². The number of hydrogen-bond acceptors (Lipinski definition) is 3. The first-order valence-electron chi connectivity index (χ1n) is 4.03. The van der Waals surface area contributed by atoms with E-state index in [1.165, 1.54) is 0 Å². The molecule has 0 fully saturated rings. The highest BCUT2D eigenvalue weighted by Crippen LogP contribution is 2.20. The molecule has 0 aromatic heterocycles. The molecule has 0 saturated carbocycles. The molecule has 1 rings (SSSR count). The minimum atomic E-state index is -1.50. The number of hydrogen-bond donors (Lipinski definition) is 2. The van der Waals surface area contributed by atoms with Gasteiger partial charge < -0.3 is 9.84 Å². The Morgan fingerprint density at radius 2 is 1.88 bits per heavy atom. The van der Waals surface area contributed by atoms with Crippen molar-refractivity contribution in [3.63, 3.8) is 0 Å². The number of carbonyl (C=O) groups excluding carboxylic acids is 1. The highest BCUT2D eigenvalue weighted by atomic mass is 19.2. The Morgan fingerprint density at radius 1 is 1.31 bits per heavy atom. The Balaban J connectivity index is 3.19. The van der Waals surface area contributed by atoms with Crippen molar-refractivity contribution in [1.29, 1.82) is 0 Å². The number of ether oxygens (including phenoxy) is 1. The van der Waals surface area contributed by atoms with E-state index in [4.69, 9.17) is 5.11 Å². The number of carboxylic acids is 1. The quantitative estimate of drug-likeness (QED) is 0.814. The van der Waals surface area contributed by atoms with Crippen molar-refractivity contribution in [2.24, 2.45) is 0 Å². The summed E-state index contributed by atoms with van der Waals surface area (Å²) < 4.78 is 29.8. The van der Waals surface area contributed by atoms with Crippen LogP contribution < -0.4 is 5.32 Å². The summed E-state index contributed by atoms with van der Waals surface area (Å²) in [6, 6.07) is 1.04. The van der Waals surface area contributed by atoms with Gasteiger partial charge in [-0.2, -0.15) is 0 Å². The predicted molar refractivity (Wildman–Crippen MR) is 49.3 cm³/mol. The van der Waals surface area contributed by atoms with Gasteiger partial charge in [-0.1, -0.05) is 0 Å². The molecular weight excluding hydrogens is 224 g/mol. The van der Waals surface area contributed by atoms with Gasteiger partial charge in [-0.15, -0.1) is 0 Å². The molecule has 0 radical (unpaired) electrons. The molecule has 5 nitrogen and oxygen atoms in total. The van der Waals surface area contributed by atoms with E-state index < -0.39 is 29.3 Å². The van der Waals surface area contributed by atoms with Crippen LogP contribution in [0.2, 0.25) is 0 Å². The van der Waals surface area contributed by atoms with Gasteiger partial charge in [0.25, 0.3) is 0 Å². The maximum Gasteiger partial charge on any atom is 0.411 e. The van der Waals surface area contributed by atoms with Crippen LogP contribution in [0.5, 0.6) is 0 Å². The second kappa shape index (κ2) is 4.56. The average molecular weight is 231 g/mol. The molecular formula is C9H7F2NO4. The van der Waals surface area contributed by atoms with Crippen molar-refractivity contribution >= 4 is 17.7 Å². The van der Waals surface area contributed by atoms with Crippen LogP contribution in [0, 0.1) is 11.6 Å². The van der Waals surface area contributed by atoms with Gasteiger partial charge in [0.2, 0.25) is 0 Å². The number of methoxy groups -OCH3 is 1. The van der Waals surface area contributed by atoms with Crippen molar-refractivity contribution in [3.8, 4) is 0 Å². The minimum absolute atomic E-state index is 0.377. The number of nitrogens with one attached hydrogen (secondary N) is 1. The second-order valence-corrected chi connectivity index (χ2v) is 2.73. The fourth-order valence-electron chi connectivity index (χ4n) is 0.988. The van der Waals surface area contributed by atoms with Gasteiger partial charge in [-0.25, -0.2) is 18.4 Å². The summed E-state index contributed by atoms with van der Waals surface area (Å²) in [4.78, 5) is 21.5. The summed E-state index contributed by atoms with van der Waals surface area (Å²) in [5.41, 5.74) is -0.942. The van der Waals surface area contributed by atoms with Gasteiger partial charge in [-0.3, -0.25) is 5.32 Å². The van der Waals surface area contributed by atoms with E-state index >= 15 is 0 Å². The van der Waals surface area contributed by atoms with Gasteiger partial charge in [-0.05, 0) is 6.07 Å². The number of halogens is 2. The molecule has 1 aromatic rings. The summed E-state index contributed by atoms with van der Waals surface area (Å²) in [5.74, 6) is -4.07. The molecule has 16 heavy (non-hydrogen) atoms. The lowest BCUT2D eigenvalue weighted by Gasteiger charge is -2.07. The summed E-state index contributed by atoms with van der Waals surface area (Å²) in [6.07, 6.45) is -0.978. The molecule has 0 saturated heterocycles. The van der Waals surface area contributed by atoms with Crippen molar-refractivity contribution < 1.29 is 28.2 Å². The number of anilines is 1. The normalized spacial score (nSPS) is 9.69. The largest absolute Gasteiger partial charge is 0.478 e. The fraction of sp³-hybridized carbons (Fsp3) is 0.111. The van der Waals surface area contributed by atoms with Crippen LogP contribution in [0.3, 0.4) is 0 Å². The highest BCUT2D eigenvalue weighted by molar-refractivity contribution is 5.98. The molecule has 7 heteroatoms. The third kappa shape index (κ3) is 2.44. The maximum atomic E-state index is 12.8. The van der Waals surface area contributed by atoms with Crippen LogP contribution in [-0.2, 0) is 4.74 Å². The van der Waals surface area contributed by atoms with E-state index in [1.54, 1.807) is 0 Å². The number of benzene rings is 1. The Bertz CT molecular complexity index is 447. The van der Waals surface area contributed by atoms with E-state index in [-0.39, 0.29) is 5.69 Å². The predicted octanol–water partition coefficient (Wildman–Crippen LogP) is 1.84. The zero-order valence-corrected chi connectivity index (χ0v) is 8.08. The first-order chi connectivity index (χ1) is 7.45. The lowest BCUT2D eigenvalue weighted by Crippen LogP contribution is -2.15. The number of rotatable bonds is 2. The monoisotopic (exact) mass is 231 g/mol. The zero-order valence-electron chi connectivity index (χ0n) is 8.08. The molecule has 0 atom stereocenters. The van der Waals surface area contributed by atoms with E-state index in [2.05, 4.69) is 4.74 Å². The van der Waals surface area contributed by atoms with Gasteiger partial charge in [0.1, 0.15) is 0 Å². The third-order valence-corrected chi connectivity index (χ3v) is 1.71. The van der Waals surface area contributed by atoms with Crippen molar-refractivity contribution in [2.75, 3.05) is 12.4 Å². The van der Waals surface area contributed by atoms with Crippen molar-refractivity contribution in [2.45, 2.75) is 0 Å². The molecule has 0 aliphatic heterocycles. The molecule has 1 aromatic carbocycles.